The lowest BCUT2D eigenvalue weighted by molar-refractivity contribution is -0.392. The Morgan fingerprint density at radius 1 is 1.00 bits per heavy atom. The molecule has 0 amide bonds. The van der Waals surface area contributed by atoms with Gasteiger partial charge in [0.05, 0.1) is 20.7 Å². The molecule has 1 saturated heterocycles. The summed E-state index contributed by atoms with van der Waals surface area (Å²) >= 11 is 0. The van der Waals surface area contributed by atoms with Crippen molar-refractivity contribution >= 4 is 27.1 Å². The molecule has 0 unspecified atom stereocenters. The summed E-state index contributed by atoms with van der Waals surface area (Å²) < 4.78 is 64.7. The molecule has 0 spiro atoms. The number of nitro groups is 2. The number of halogens is 3. The van der Waals surface area contributed by atoms with Gasteiger partial charge in [0.1, 0.15) is 0 Å². The Morgan fingerprint density at radius 2 is 1.48 bits per heavy atom. The maximum atomic E-state index is 13.0. The molecular formula is C15H17F3N4O6S. The van der Waals surface area contributed by atoms with E-state index in [1.54, 1.807) is 0 Å². The number of anilines is 1. The monoisotopic (exact) mass is 438 g/mol. The predicted molar refractivity (Wildman–Crippen MR) is 94.9 cm³/mol. The Hall–Kier alpha value is -2.48. The summed E-state index contributed by atoms with van der Waals surface area (Å²) in [6.45, 7) is 0.247. The van der Waals surface area contributed by atoms with Crippen LogP contribution in [0.3, 0.4) is 0 Å². The Morgan fingerprint density at radius 3 is 1.86 bits per heavy atom. The summed E-state index contributed by atoms with van der Waals surface area (Å²) in [5.41, 5.74) is -4.22. The molecule has 2 aliphatic rings. The molecule has 1 aliphatic carbocycles. The molecular weight excluding hydrogens is 421 g/mol. The summed E-state index contributed by atoms with van der Waals surface area (Å²) in [5, 5.41) is 24.8. The van der Waals surface area contributed by atoms with E-state index in [1.807, 2.05) is 0 Å². The van der Waals surface area contributed by atoms with Gasteiger partial charge in [-0.1, -0.05) is 0 Å². The van der Waals surface area contributed by atoms with Gasteiger partial charge in [0.25, 0.3) is 11.4 Å². The van der Waals surface area contributed by atoms with Gasteiger partial charge in [0.15, 0.2) is 5.69 Å². The second kappa shape index (κ2) is 7.40. The molecule has 1 saturated carbocycles. The van der Waals surface area contributed by atoms with Gasteiger partial charge in [-0.15, -0.1) is 0 Å². The van der Waals surface area contributed by atoms with Crippen molar-refractivity contribution < 1.29 is 31.4 Å². The third kappa shape index (κ3) is 4.42. The van der Waals surface area contributed by atoms with Gasteiger partial charge in [-0.05, 0) is 25.7 Å². The van der Waals surface area contributed by atoms with Crippen molar-refractivity contribution in [2.24, 2.45) is 0 Å². The first-order valence-corrected chi connectivity index (χ1v) is 10.2. The topological polar surface area (TPSA) is 136 Å². The van der Waals surface area contributed by atoms with Crippen LogP contribution in [0.25, 0.3) is 0 Å². The Balaban J connectivity index is 1.85. The van der Waals surface area contributed by atoms with Crippen LogP contribution in [0.15, 0.2) is 12.1 Å². The number of nitrogens with zero attached hydrogens (tertiary/aromatic N) is 3. The average Bonchev–Trinajstić information content (AvgIpc) is 3.46. The molecule has 14 heteroatoms. The zero-order chi connectivity index (χ0) is 21.6. The van der Waals surface area contributed by atoms with E-state index in [2.05, 4.69) is 5.32 Å². The lowest BCUT2D eigenvalue weighted by Gasteiger charge is -2.32. The normalized spacial score (nSPS) is 19.1. The number of benzene rings is 1. The first-order valence-electron chi connectivity index (χ1n) is 8.70. The van der Waals surface area contributed by atoms with E-state index in [9.17, 15) is 41.8 Å². The van der Waals surface area contributed by atoms with Crippen molar-refractivity contribution in [2.45, 2.75) is 43.2 Å². The molecule has 1 aromatic carbocycles. The summed E-state index contributed by atoms with van der Waals surface area (Å²) in [6.07, 6.45) is -3.37. The molecule has 160 valence electrons. The summed E-state index contributed by atoms with van der Waals surface area (Å²) in [5.74, 6) is 0. The van der Waals surface area contributed by atoms with Gasteiger partial charge in [0, 0.05) is 31.3 Å². The van der Waals surface area contributed by atoms with Crippen LogP contribution in [-0.4, -0.2) is 47.0 Å². The van der Waals surface area contributed by atoms with Crippen LogP contribution in [0.1, 0.15) is 31.2 Å². The molecule has 0 atom stereocenters. The number of piperidine rings is 1. The van der Waals surface area contributed by atoms with Crippen molar-refractivity contribution in [1.82, 2.24) is 4.31 Å². The smallest absolute Gasteiger partial charge is 0.371 e. The van der Waals surface area contributed by atoms with Gasteiger partial charge >= 0.3 is 6.18 Å². The third-order valence-corrected chi connectivity index (χ3v) is 7.32. The number of hydrogen-bond acceptors (Lipinski definition) is 7. The standard InChI is InChI=1S/C15H17F3N4O6S/c16-15(17,18)9-7-12(21(23)24)14(13(8-9)22(25)26)19-10-3-5-20(6-4-10)29(27,28)11-1-2-11/h7-8,10-11,19H,1-6H2. The molecule has 0 aromatic heterocycles. The van der Waals surface area contributed by atoms with Gasteiger partial charge in [-0.3, -0.25) is 20.2 Å². The lowest BCUT2D eigenvalue weighted by atomic mass is 10.0. The van der Waals surface area contributed by atoms with E-state index in [4.69, 9.17) is 0 Å². The van der Waals surface area contributed by atoms with Gasteiger partial charge in [0.2, 0.25) is 10.0 Å². The van der Waals surface area contributed by atoms with Crippen molar-refractivity contribution in [3.8, 4) is 0 Å². The fourth-order valence-corrected chi connectivity index (χ4v) is 5.12. The Bertz CT molecular complexity index is 905. The van der Waals surface area contributed by atoms with Gasteiger partial charge in [-0.2, -0.15) is 13.2 Å². The third-order valence-electron chi connectivity index (χ3n) is 4.93. The van der Waals surface area contributed by atoms with Crippen LogP contribution in [0, 0.1) is 20.2 Å². The summed E-state index contributed by atoms with van der Waals surface area (Å²) in [7, 11) is -3.39. The highest BCUT2D eigenvalue weighted by Gasteiger charge is 2.42. The molecule has 10 nitrogen and oxygen atoms in total. The molecule has 1 heterocycles. The largest absolute Gasteiger partial charge is 0.416 e. The van der Waals surface area contributed by atoms with Crippen LogP contribution >= 0.6 is 0 Å². The average molecular weight is 438 g/mol. The van der Waals surface area contributed by atoms with Crippen LogP contribution in [0.5, 0.6) is 0 Å². The molecule has 0 bridgehead atoms. The minimum absolute atomic E-state index is 0.124. The molecule has 2 fully saturated rings. The number of nitro benzene ring substituents is 2. The fraction of sp³-hybridized carbons (Fsp3) is 0.600. The van der Waals surface area contributed by atoms with Gasteiger partial charge < -0.3 is 5.32 Å². The van der Waals surface area contributed by atoms with E-state index in [0.717, 1.165) is 0 Å². The van der Waals surface area contributed by atoms with Crippen LogP contribution < -0.4 is 5.32 Å². The van der Waals surface area contributed by atoms with E-state index >= 15 is 0 Å². The van der Waals surface area contributed by atoms with Crippen LogP contribution in [-0.2, 0) is 16.2 Å². The summed E-state index contributed by atoms with van der Waals surface area (Å²) in [6, 6.07) is -0.0564. The molecule has 29 heavy (non-hydrogen) atoms. The maximum absolute atomic E-state index is 13.0. The Labute approximate surface area is 163 Å². The highest BCUT2D eigenvalue weighted by Crippen LogP contribution is 2.42. The highest BCUT2D eigenvalue weighted by atomic mass is 32.2. The first-order chi connectivity index (χ1) is 13.4. The number of sulfonamides is 1. The minimum Gasteiger partial charge on any atom is -0.371 e. The molecule has 1 N–H and O–H groups in total. The van der Waals surface area contributed by atoms with E-state index < -0.39 is 54.7 Å². The van der Waals surface area contributed by atoms with E-state index in [1.165, 1.54) is 4.31 Å². The minimum atomic E-state index is -4.99. The van der Waals surface area contributed by atoms with Crippen molar-refractivity contribution in [3.05, 3.63) is 37.9 Å². The lowest BCUT2D eigenvalue weighted by Crippen LogP contribution is -2.43. The molecule has 3 rings (SSSR count). The SMILES string of the molecule is O=[N+]([O-])c1cc(C(F)(F)F)cc([N+](=O)[O-])c1NC1CCN(S(=O)(=O)C2CC2)CC1. The highest BCUT2D eigenvalue weighted by molar-refractivity contribution is 7.90. The predicted octanol–water partition coefficient (Wildman–Crippen LogP) is 2.89. The molecule has 1 aromatic rings. The van der Waals surface area contributed by atoms with Gasteiger partial charge in [-0.25, -0.2) is 12.7 Å². The maximum Gasteiger partial charge on any atom is 0.416 e. The van der Waals surface area contributed by atoms with E-state index in [0.29, 0.717) is 12.8 Å². The second-order valence-electron chi connectivity index (χ2n) is 6.96. The quantitative estimate of drug-likeness (QED) is 0.533. The number of alkyl halides is 3. The molecule has 1 aliphatic heterocycles. The van der Waals surface area contributed by atoms with E-state index in [-0.39, 0.29) is 43.3 Å². The van der Waals surface area contributed by atoms with Crippen molar-refractivity contribution in [1.29, 1.82) is 0 Å². The zero-order valence-corrected chi connectivity index (χ0v) is 15.7. The number of nitrogens with one attached hydrogen (secondary N) is 1. The molecule has 0 radical (unpaired) electrons. The Kier molecular flexibility index (Phi) is 5.42. The van der Waals surface area contributed by atoms with Crippen molar-refractivity contribution in [2.75, 3.05) is 18.4 Å². The fourth-order valence-electron chi connectivity index (χ4n) is 3.25. The number of hydrogen-bond donors (Lipinski definition) is 1. The zero-order valence-electron chi connectivity index (χ0n) is 14.9. The summed E-state index contributed by atoms with van der Waals surface area (Å²) in [4.78, 5) is 20.3. The second-order valence-corrected chi connectivity index (χ2v) is 9.18. The van der Waals surface area contributed by atoms with Crippen LogP contribution in [0.4, 0.5) is 30.2 Å². The van der Waals surface area contributed by atoms with Crippen molar-refractivity contribution in [3.63, 3.8) is 0 Å². The first kappa shape index (κ1) is 21.2. The van der Waals surface area contributed by atoms with Crippen LogP contribution in [0.2, 0.25) is 0 Å². The number of rotatable bonds is 6.